The zero-order chi connectivity index (χ0) is 15.9. The van der Waals surface area contributed by atoms with Crippen molar-refractivity contribution in [1.82, 2.24) is 0 Å². The number of halogens is 2. The summed E-state index contributed by atoms with van der Waals surface area (Å²) in [7, 11) is 0. The number of benzene rings is 1. The Balaban J connectivity index is 1.78. The standard InChI is InChI=1S/C18H24F2O2/c1-2-3-4-5-13-6-9-15(10-7-13)22-18(21)14-8-11-16(19)17(20)12-14/h8,11-13,15H,2-7,9-10H2,1H3. The number of rotatable bonds is 6. The Morgan fingerprint density at radius 2 is 1.86 bits per heavy atom. The summed E-state index contributed by atoms with van der Waals surface area (Å²) in [6, 6.07) is 3.11. The van der Waals surface area contributed by atoms with Gasteiger partial charge in [-0.15, -0.1) is 0 Å². The Kier molecular flexibility index (Phi) is 6.34. The van der Waals surface area contributed by atoms with Crippen LogP contribution in [-0.4, -0.2) is 12.1 Å². The second-order valence-corrected chi connectivity index (χ2v) is 6.17. The molecule has 1 saturated carbocycles. The molecule has 0 heterocycles. The van der Waals surface area contributed by atoms with Gasteiger partial charge in [-0.2, -0.15) is 0 Å². The van der Waals surface area contributed by atoms with Crippen LogP contribution in [0.5, 0.6) is 0 Å². The highest BCUT2D eigenvalue weighted by Crippen LogP contribution is 2.30. The maximum atomic E-state index is 13.1. The molecule has 1 aliphatic rings. The van der Waals surface area contributed by atoms with E-state index in [1.165, 1.54) is 31.7 Å². The number of unbranched alkanes of at least 4 members (excludes halogenated alkanes) is 2. The van der Waals surface area contributed by atoms with Crippen molar-refractivity contribution in [2.75, 3.05) is 0 Å². The van der Waals surface area contributed by atoms with Crippen molar-refractivity contribution >= 4 is 5.97 Å². The van der Waals surface area contributed by atoms with Crippen molar-refractivity contribution < 1.29 is 18.3 Å². The van der Waals surface area contributed by atoms with Gasteiger partial charge in [0.1, 0.15) is 6.10 Å². The molecule has 0 N–H and O–H groups in total. The minimum absolute atomic E-state index is 0.0731. The SMILES string of the molecule is CCCCCC1CCC(OC(=O)c2ccc(F)c(F)c2)CC1. The maximum absolute atomic E-state index is 13.1. The molecule has 2 rings (SSSR count). The van der Waals surface area contributed by atoms with Crippen molar-refractivity contribution in [2.24, 2.45) is 5.92 Å². The van der Waals surface area contributed by atoms with Crippen LogP contribution >= 0.6 is 0 Å². The molecule has 1 aliphatic carbocycles. The third kappa shape index (κ3) is 4.79. The minimum Gasteiger partial charge on any atom is -0.459 e. The summed E-state index contributed by atoms with van der Waals surface area (Å²) in [6.07, 6.45) is 8.87. The Morgan fingerprint density at radius 1 is 1.14 bits per heavy atom. The molecular weight excluding hydrogens is 286 g/mol. The number of hydrogen-bond acceptors (Lipinski definition) is 2. The normalized spacial score (nSPS) is 21.6. The lowest BCUT2D eigenvalue weighted by Crippen LogP contribution is -2.24. The van der Waals surface area contributed by atoms with E-state index in [1.807, 2.05) is 0 Å². The van der Waals surface area contributed by atoms with E-state index in [4.69, 9.17) is 4.74 Å². The zero-order valence-corrected chi connectivity index (χ0v) is 13.1. The molecule has 1 aromatic rings. The first-order valence-corrected chi connectivity index (χ1v) is 8.26. The summed E-state index contributed by atoms with van der Waals surface area (Å²) < 4.78 is 31.4. The first-order valence-electron chi connectivity index (χ1n) is 8.26. The Morgan fingerprint density at radius 3 is 2.50 bits per heavy atom. The van der Waals surface area contributed by atoms with Crippen LogP contribution in [0.4, 0.5) is 8.78 Å². The van der Waals surface area contributed by atoms with Gasteiger partial charge < -0.3 is 4.74 Å². The van der Waals surface area contributed by atoms with Crippen molar-refractivity contribution in [1.29, 1.82) is 0 Å². The first kappa shape index (κ1) is 16.9. The van der Waals surface area contributed by atoms with Crippen molar-refractivity contribution in [3.63, 3.8) is 0 Å². The first-order chi connectivity index (χ1) is 10.6. The summed E-state index contributed by atoms with van der Waals surface area (Å²) in [6.45, 7) is 2.20. The van der Waals surface area contributed by atoms with Crippen LogP contribution in [0.2, 0.25) is 0 Å². The summed E-state index contributed by atoms with van der Waals surface area (Å²) >= 11 is 0. The smallest absolute Gasteiger partial charge is 0.338 e. The van der Waals surface area contributed by atoms with Crippen molar-refractivity contribution in [2.45, 2.75) is 64.4 Å². The van der Waals surface area contributed by atoms with E-state index in [9.17, 15) is 13.6 Å². The fourth-order valence-corrected chi connectivity index (χ4v) is 3.06. The van der Waals surface area contributed by atoms with Crippen LogP contribution in [-0.2, 0) is 4.74 Å². The molecule has 0 saturated heterocycles. The lowest BCUT2D eigenvalue weighted by Gasteiger charge is -2.28. The Labute approximate surface area is 130 Å². The molecule has 0 aliphatic heterocycles. The topological polar surface area (TPSA) is 26.3 Å². The molecule has 1 aromatic carbocycles. The molecule has 1 fully saturated rings. The molecule has 0 atom stereocenters. The van der Waals surface area contributed by atoms with Gasteiger partial charge >= 0.3 is 5.97 Å². The fourth-order valence-electron chi connectivity index (χ4n) is 3.06. The zero-order valence-electron chi connectivity index (χ0n) is 13.1. The van der Waals surface area contributed by atoms with E-state index in [1.54, 1.807) is 0 Å². The van der Waals surface area contributed by atoms with Gasteiger partial charge in [0.2, 0.25) is 0 Å². The van der Waals surface area contributed by atoms with E-state index in [0.717, 1.165) is 43.7 Å². The van der Waals surface area contributed by atoms with Gasteiger partial charge in [-0.05, 0) is 49.8 Å². The number of esters is 1. The molecule has 0 radical (unpaired) electrons. The molecule has 4 heteroatoms. The molecular formula is C18H24F2O2. The highest BCUT2D eigenvalue weighted by Gasteiger charge is 2.24. The van der Waals surface area contributed by atoms with Crippen LogP contribution in [0, 0.1) is 17.6 Å². The molecule has 0 bridgehead atoms. The molecule has 22 heavy (non-hydrogen) atoms. The van der Waals surface area contributed by atoms with Gasteiger partial charge in [0.15, 0.2) is 11.6 Å². The van der Waals surface area contributed by atoms with Crippen LogP contribution in [0.25, 0.3) is 0 Å². The number of hydrogen-bond donors (Lipinski definition) is 0. The van der Waals surface area contributed by atoms with Crippen LogP contribution in [0.15, 0.2) is 18.2 Å². The van der Waals surface area contributed by atoms with Gasteiger partial charge in [0.05, 0.1) is 5.56 Å². The van der Waals surface area contributed by atoms with Gasteiger partial charge in [-0.1, -0.05) is 32.6 Å². The largest absolute Gasteiger partial charge is 0.459 e. The van der Waals surface area contributed by atoms with E-state index in [-0.39, 0.29) is 11.7 Å². The van der Waals surface area contributed by atoms with E-state index >= 15 is 0 Å². The summed E-state index contributed by atoms with van der Waals surface area (Å²) in [5.74, 6) is -1.80. The molecule has 0 spiro atoms. The fraction of sp³-hybridized carbons (Fsp3) is 0.611. The minimum atomic E-state index is -1.02. The second kappa shape index (κ2) is 8.25. The van der Waals surface area contributed by atoms with E-state index in [0.29, 0.717) is 0 Å². The highest BCUT2D eigenvalue weighted by atomic mass is 19.2. The van der Waals surface area contributed by atoms with Gasteiger partial charge in [0, 0.05) is 0 Å². The summed E-state index contributed by atoms with van der Waals surface area (Å²) in [4.78, 5) is 12.0. The van der Waals surface area contributed by atoms with Gasteiger partial charge in [-0.25, -0.2) is 13.6 Å². The quantitative estimate of drug-likeness (QED) is 0.529. The number of carbonyl (C=O) groups excluding carboxylic acids is 1. The summed E-state index contributed by atoms with van der Waals surface area (Å²) in [5.41, 5.74) is 0.0731. The second-order valence-electron chi connectivity index (χ2n) is 6.17. The van der Waals surface area contributed by atoms with Gasteiger partial charge in [0.25, 0.3) is 0 Å². The maximum Gasteiger partial charge on any atom is 0.338 e. The lowest BCUT2D eigenvalue weighted by molar-refractivity contribution is 0.0160. The molecule has 0 aromatic heterocycles. The third-order valence-electron chi connectivity index (χ3n) is 4.44. The number of carbonyl (C=O) groups is 1. The monoisotopic (exact) mass is 310 g/mol. The van der Waals surface area contributed by atoms with Crippen molar-refractivity contribution in [3.05, 3.63) is 35.4 Å². The predicted molar refractivity (Wildman–Crippen MR) is 81.7 cm³/mol. The van der Waals surface area contributed by atoms with Crippen LogP contribution < -0.4 is 0 Å². The average molecular weight is 310 g/mol. The molecule has 0 amide bonds. The molecule has 0 unspecified atom stereocenters. The molecule has 122 valence electrons. The van der Waals surface area contributed by atoms with Crippen molar-refractivity contribution in [3.8, 4) is 0 Å². The third-order valence-corrected chi connectivity index (χ3v) is 4.44. The molecule has 2 nitrogen and oxygen atoms in total. The number of ether oxygens (including phenoxy) is 1. The summed E-state index contributed by atoms with van der Waals surface area (Å²) in [5, 5.41) is 0. The van der Waals surface area contributed by atoms with Crippen LogP contribution in [0.1, 0.15) is 68.6 Å². The van der Waals surface area contributed by atoms with E-state index < -0.39 is 17.6 Å². The Hall–Kier alpha value is -1.45. The van der Waals surface area contributed by atoms with E-state index in [2.05, 4.69) is 6.92 Å². The average Bonchev–Trinajstić information content (AvgIpc) is 2.52. The van der Waals surface area contributed by atoms with Crippen LogP contribution in [0.3, 0.4) is 0 Å². The predicted octanol–water partition coefficient (Wildman–Crippen LogP) is 5.26. The lowest BCUT2D eigenvalue weighted by atomic mass is 9.84. The Bertz CT molecular complexity index is 494. The highest BCUT2D eigenvalue weighted by molar-refractivity contribution is 5.89. The van der Waals surface area contributed by atoms with Gasteiger partial charge in [-0.3, -0.25) is 0 Å².